The molecule has 24 heteroatoms. The number of benzene rings is 8. The van der Waals surface area contributed by atoms with Crippen LogP contribution in [0, 0.1) is 23.3 Å². The number of halogens is 4. The normalized spacial score (nSPS) is 24.4. The van der Waals surface area contributed by atoms with Crippen molar-refractivity contribution in [1.29, 1.82) is 0 Å². The van der Waals surface area contributed by atoms with E-state index in [9.17, 15) is 43.3 Å². The summed E-state index contributed by atoms with van der Waals surface area (Å²) in [4.78, 5) is 70.3. The van der Waals surface area contributed by atoms with Crippen LogP contribution in [0.15, 0.2) is 194 Å². The maximum absolute atomic E-state index is 15.5. The number of carbonyl (C=O) groups is 4. The van der Waals surface area contributed by atoms with E-state index in [1.165, 1.54) is 48.5 Å². The number of nitrogens with one attached hydrogen (secondary N) is 3. The third kappa shape index (κ3) is 16.3. The molecule has 0 radical (unpaired) electrons. The number of likely N-dealkylation sites (tertiary alicyclic amines) is 4. The van der Waals surface area contributed by atoms with E-state index in [2.05, 4.69) is 15.3 Å². The van der Waals surface area contributed by atoms with E-state index < -0.39 is 66.4 Å². The molecule has 10 aromatic rings. The second kappa shape index (κ2) is 34.0. The maximum atomic E-state index is 15.5. The number of anilines is 2. The number of hydrogen-bond acceptors (Lipinski definition) is 14. The number of rotatable bonds is 19. The van der Waals surface area contributed by atoms with Crippen LogP contribution in [0.25, 0.3) is 21.8 Å². The molecule has 0 saturated carbocycles. The highest BCUT2D eigenvalue weighted by molar-refractivity contribution is 5.87. The molecule has 17 rings (SSSR count). The quantitative estimate of drug-likeness (QED) is 0.0326. The van der Waals surface area contributed by atoms with E-state index >= 15 is 8.78 Å². The minimum Gasteiger partial charge on any atom is -0.445 e. The summed E-state index contributed by atoms with van der Waals surface area (Å²) in [6.07, 6.45) is -0.216. The van der Waals surface area contributed by atoms with Gasteiger partial charge < -0.3 is 78.8 Å². The molecule has 114 heavy (non-hydrogen) atoms. The van der Waals surface area contributed by atoms with Gasteiger partial charge >= 0.3 is 24.4 Å². The second-order valence-electron chi connectivity index (χ2n) is 31.2. The van der Waals surface area contributed by atoms with Crippen LogP contribution in [0.2, 0.25) is 0 Å². The van der Waals surface area contributed by atoms with Crippen molar-refractivity contribution in [3.63, 3.8) is 0 Å². The first-order valence-electron chi connectivity index (χ1n) is 39.8. The molecule has 7 aliphatic rings. The number of carbonyl (C=O) groups excluding carboxylic acids is 4. The Labute approximate surface area is 658 Å². The van der Waals surface area contributed by atoms with E-state index in [-0.39, 0.29) is 86.4 Å². The summed E-state index contributed by atoms with van der Waals surface area (Å²) < 4.78 is 89.4. The van der Waals surface area contributed by atoms with Crippen molar-refractivity contribution in [2.45, 2.75) is 189 Å². The number of hydrogen-bond donors (Lipinski definition) is 6. The van der Waals surface area contributed by atoms with E-state index in [0.29, 0.717) is 92.8 Å². The highest BCUT2D eigenvalue weighted by atomic mass is 19.1. The van der Waals surface area contributed by atoms with Crippen LogP contribution in [0.3, 0.4) is 0 Å². The number of amides is 4. The molecular weight excluding hydrogens is 1460 g/mol. The molecule has 5 saturated heterocycles. The molecule has 13 atom stereocenters. The molecule has 6 N–H and O–H groups in total. The number of fused-ring (bicyclic) bond motifs is 4. The van der Waals surface area contributed by atoms with Crippen LogP contribution < -0.4 is 10.2 Å². The van der Waals surface area contributed by atoms with Gasteiger partial charge in [-0.15, -0.1) is 0 Å². The largest absolute Gasteiger partial charge is 0.445 e. The smallest absolute Gasteiger partial charge is 0.410 e. The third-order valence-electron chi connectivity index (χ3n) is 24.2. The Morgan fingerprint density at radius 1 is 0.439 bits per heavy atom. The molecule has 7 aliphatic heterocycles. The predicted octanol–water partition coefficient (Wildman–Crippen LogP) is 16.7. The Kier molecular flexibility index (Phi) is 23.0. The standard InChI is InChI=1S/C48H52F2N4O8.C42H42F2N4O4/c1-28-43(55)44(56)45(57)46(62-28)54-40-23-32(50)17-19-36(40)38(25-34-15-9-21-53(34)48(59)61-27-30-12-6-3-7-13-30)42(54)41-37(35-18-16-31(49)22-39(35)51-41)24-33-14-8-20-52(33)47(58)60-26-29-10-4-2-5-11-29;43-29-15-17-33-35(23-31-13-7-19-47(31)41(49)51-25-27-9-3-1-4-10-27)39(45-37(33)21-29)40-36(34-18-16-30(44)22-38(34)46-40)24-32-14-8-20-48(32)42(50)52-26-28-11-5-2-6-12-28/h2-7,10-13,16-19,22-23,28,33-34,38,42-46,51,55-57H,8-9,14-15,20-21,24-27H2,1H3;1-6,9-12,15-18,21-22,31-32,35,39,45-46H,7-8,13-14,19-20,23-26H2/t28-,33?,34-,38?,42?,43+,44+,45-,46-;31-,32-,35?,39?/m00/s1. The Bertz CT molecular complexity index is 5060. The van der Waals surface area contributed by atoms with Crippen LogP contribution in [0.5, 0.6) is 0 Å². The SMILES string of the molecule is C[C@@H]1O[C@H](N2c3cc(F)ccc3C(C[C@@H]3CCCN3C(=O)OCc3ccccc3)C2c2[nH]c3cc(F)ccc3c2CC2CCCN2C(=O)OCc2ccccc2)[C@@H](O)[C@H](O)[C@@H]1O.O=C(OCc1ccccc1)N1CCC[C@H]1Cc1c(C2Nc3cc(F)ccc3C2C[C@@H]2CCCN2C(=O)OCc2ccccc2)[nH]c2cc(F)ccc12. The molecule has 0 aliphatic carbocycles. The number of H-pyrrole nitrogens is 2. The minimum atomic E-state index is -1.62. The predicted molar refractivity (Wildman–Crippen MR) is 421 cm³/mol. The summed E-state index contributed by atoms with van der Waals surface area (Å²) >= 11 is 0. The highest BCUT2D eigenvalue weighted by Gasteiger charge is 2.54. The molecule has 0 spiro atoms. The second-order valence-corrected chi connectivity index (χ2v) is 31.2. The van der Waals surface area contributed by atoms with Gasteiger partial charge in [0.2, 0.25) is 0 Å². The van der Waals surface area contributed by atoms with Crippen LogP contribution in [-0.4, -0.2) is 150 Å². The fourth-order valence-corrected chi connectivity index (χ4v) is 18.6. The van der Waals surface area contributed by atoms with Gasteiger partial charge in [0.25, 0.3) is 0 Å². The molecule has 8 aromatic carbocycles. The lowest BCUT2D eigenvalue weighted by molar-refractivity contribution is -0.218. The van der Waals surface area contributed by atoms with Gasteiger partial charge in [-0.1, -0.05) is 133 Å². The van der Waals surface area contributed by atoms with E-state index in [1.807, 2.05) is 137 Å². The van der Waals surface area contributed by atoms with Gasteiger partial charge in [0, 0.05) is 107 Å². The van der Waals surface area contributed by atoms with Gasteiger partial charge in [-0.25, -0.2) is 36.7 Å². The number of aliphatic hydroxyl groups is 3. The van der Waals surface area contributed by atoms with Gasteiger partial charge in [0.15, 0.2) is 6.23 Å². The van der Waals surface area contributed by atoms with Crippen LogP contribution in [0.1, 0.15) is 151 Å². The first-order valence-corrected chi connectivity index (χ1v) is 39.8. The lowest BCUT2D eigenvalue weighted by atomic mass is 9.84. The van der Waals surface area contributed by atoms with E-state index in [0.717, 1.165) is 99.5 Å². The molecule has 20 nitrogen and oxygen atoms in total. The average Bonchev–Trinajstić information content (AvgIpc) is 1.49. The van der Waals surface area contributed by atoms with E-state index in [4.69, 9.17) is 23.7 Å². The van der Waals surface area contributed by atoms with Crippen molar-refractivity contribution in [1.82, 2.24) is 29.6 Å². The zero-order valence-corrected chi connectivity index (χ0v) is 63.4. The zero-order chi connectivity index (χ0) is 78.7. The Morgan fingerprint density at radius 2 is 0.825 bits per heavy atom. The fraction of sp³-hybridized carbons (Fsp3) is 0.378. The number of aromatic nitrogens is 2. The monoisotopic (exact) mass is 1550 g/mol. The van der Waals surface area contributed by atoms with Crippen LogP contribution >= 0.6 is 0 Å². The lowest BCUT2D eigenvalue weighted by Gasteiger charge is -2.46. The van der Waals surface area contributed by atoms with Gasteiger partial charge in [-0.3, -0.25) is 0 Å². The summed E-state index contributed by atoms with van der Waals surface area (Å²) in [7, 11) is 0. The van der Waals surface area contributed by atoms with Gasteiger partial charge in [-0.2, -0.15) is 0 Å². The Hall–Kier alpha value is -10.9. The van der Waals surface area contributed by atoms with Gasteiger partial charge in [0.1, 0.15) is 68.0 Å². The first-order chi connectivity index (χ1) is 55.5. The van der Waals surface area contributed by atoms with Crippen molar-refractivity contribution < 1.29 is 75.7 Å². The number of aromatic amines is 2. The maximum Gasteiger partial charge on any atom is 0.410 e. The number of nitrogens with zero attached hydrogens (tertiary/aromatic N) is 5. The first kappa shape index (κ1) is 77.0. The topological polar surface area (TPSA) is 235 Å². The van der Waals surface area contributed by atoms with Crippen molar-refractivity contribution in [3.05, 3.63) is 273 Å². The van der Waals surface area contributed by atoms with Crippen molar-refractivity contribution in [2.75, 3.05) is 36.4 Å². The van der Waals surface area contributed by atoms with E-state index in [1.54, 1.807) is 39.8 Å². The molecule has 594 valence electrons. The molecule has 5 fully saturated rings. The molecule has 4 amide bonds. The number of aliphatic hydroxyl groups excluding tert-OH is 3. The van der Waals surface area contributed by atoms with Crippen molar-refractivity contribution in [2.24, 2.45) is 0 Å². The molecular formula is C90H94F4N8O12. The lowest BCUT2D eigenvalue weighted by Crippen LogP contribution is -2.62. The zero-order valence-electron chi connectivity index (χ0n) is 63.4. The van der Waals surface area contributed by atoms with Gasteiger partial charge in [-0.05, 0) is 189 Å². The molecule has 9 heterocycles. The summed E-state index contributed by atoms with van der Waals surface area (Å²) in [6, 6.07) is 54.9. The van der Waals surface area contributed by atoms with Crippen LogP contribution in [0.4, 0.5) is 48.1 Å². The molecule has 0 bridgehead atoms. The Morgan fingerprint density at radius 3 is 1.29 bits per heavy atom. The van der Waals surface area contributed by atoms with Crippen LogP contribution in [-0.2, 0) is 63.0 Å². The average molecular weight is 1560 g/mol. The molecule has 2 aromatic heterocycles. The van der Waals surface area contributed by atoms with Crippen molar-refractivity contribution >= 4 is 57.6 Å². The minimum absolute atomic E-state index is 0.0800. The fourth-order valence-electron chi connectivity index (χ4n) is 18.6. The Balaban J connectivity index is 0.000000174. The number of ether oxygens (including phenoxy) is 5. The summed E-state index contributed by atoms with van der Waals surface area (Å²) in [5.41, 5.74) is 10.9. The van der Waals surface area contributed by atoms with Crippen molar-refractivity contribution in [3.8, 4) is 0 Å². The summed E-state index contributed by atoms with van der Waals surface area (Å²) in [6.45, 7) is 4.40. The highest BCUT2D eigenvalue weighted by Crippen LogP contribution is 2.56. The summed E-state index contributed by atoms with van der Waals surface area (Å²) in [5.74, 6) is -2.28. The summed E-state index contributed by atoms with van der Waals surface area (Å²) in [5, 5.41) is 38.9. The van der Waals surface area contributed by atoms with Gasteiger partial charge in [0.05, 0.1) is 18.2 Å². The third-order valence-corrected chi connectivity index (χ3v) is 24.2. The molecule has 5 unspecified atom stereocenters.